The zero-order chi connectivity index (χ0) is 20.2. The molecule has 0 spiro atoms. The molecule has 0 bridgehead atoms. The second-order valence-corrected chi connectivity index (χ2v) is 18.9. The molecule has 4 heteroatoms. The first kappa shape index (κ1) is 21.1. The first-order valence-electron chi connectivity index (χ1n) is 12.0. The lowest BCUT2D eigenvalue weighted by atomic mass is 10.1. The molecule has 1 aromatic carbocycles. The van der Waals surface area contributed by atoms with Gasteiger partial charge in [-0.2, -0.15) is 0 Å². The van der Waals surface area contributed by atoms with Crippen LogP contribution in [0.25, 0.3) is 0 Å². The topological polar surface area (TPSA) is 16.4 Å². The van der Waals surface area contributed by atoms with Crippen molar-refractivity contribution < 1.29 is 4.42 Å². The van der Waals surface area contributed by atoms with Crippen LogP contribution >= 0.6 is 0 Å². The summed E-state index contributed by atoms with van der Waals surface area (Å²) in [6, 6.07) is 20.1. The minimum Gasteiger partial charge on any atom is -0.476 e. The zero-order valence-corrected chi connectivity index (χ0v) is 20.6. The van der Waals surface area contributed by atoms with Crippen LogP contribution in [0.15, 0.2) is 46.9 Å². The molecule has 2 saturated heterocycles. The summed E-state index contributed by atoms with van der Waals surface area (Å²) in [6.45, 7) is 8.85. The summed E-state index contributed by atoms with van der Waals surface area (Å²) in [5.41, 5.74) is 0. The van der Waals surface area contributed by atoms with Crippen molar-refractivity contribution >= 4 is 32.1 Å². The molecule has 3 heterocycles. The first-order valence-corrected chi connectivity index (χ1v) is 17.6. The highest BCUT2D eigenvalue weighted by Gasteiger charge is 2.40. The molecule has 2 fully saturated rings. The van der Waals surface area contributed by atoms with Crippen molar-refractivity contribution in [3.63, 3.8) is 0 Å². The van der Waals surface area contributed by atoms with Crippen molar-refractivity contribution in [1.82, 2.24) is 4.90 Å². The Morgan fingerprint density at radius 2 is 1.55 bits per heavy atom. The van der Waals surface area contributed by atoms with E-state index in [4.69, 9.17) is 4.42 Å². The molecule has 0 aliphatic carbocycles. The lowest BCUT2D eigenvalue weighted by molar-refractivity contribution is 0.229. The summed E-state index contributed by atoms with van der Waals surface area (Å²) in [7, 11) is -3.22. The fourth-order valence-corrected chi connectivity index (χ4v) is 12.8. The molecule has 2 nitrogen and oxygen atoms in total. The van der Waals surface area contributed by atoms with Gasteiger partial charge in [-0.1, -0.05) is 86.4 Å². The molecule has 29 heavy (non-hydrogen) atoms. The maximum absolute atomic E-state index is 6.80. The Labute approximate surface area is 179 Å². The number of nitrogens with zero attached hydrogens (tertiary/aromatic N) is 1. The van der Waals surface area contributed by atoms with Gasteiger partial charge in [0, 0.05) is 0 Å². The van der Waals surface area contributed by atoms with Crippen molar-refractivity contribution in [2.75, 3.05) is 19.6 Å². The van der Waals surface area contributed by atoms with Crippen LogP contribution < -0.4 is 16.0 Å². The van der Waals surface area contributed by atoms with Crippen molar-refractivity contribution in [2.45, 2.75) is 76.2 Å². The van der Waals surface area contributed by atoms with E-state index in [0.717, 1.165) is 0 Å². The van der Waals surface area contributed by atoms with Crippen LogP contribution in [-0.2, 0) is 0 Å². The Morgan fingerprint density at radius 3 is 2.28 bits per heavy atom. The van der Waals surface area contributed by atoms with E-state index in [1.165, 1.54) is 98.7 Å². The number of piperidine rings is 1. The molecule has 0 saturated carbocycles. The highest BCUT2D eigenvalue weighted by molar-refractivity contribution is 7.00. The molecule has 0 radical (unpaired) electrons. The van der Waals surface area contributed by atoms with Crippen molar-refractivity contribution in [2.24, 2.45) is 0 Å². The van der Waals surface area contributed by atoms with Gasteiger partial charge in [-0.05, 0) is 57.1 Å². The quantitative estimate of drug-likeness (QED) is 0.591. The Balaban J connectivity index is 1.50. The van der Waals surface area contributed by atoms with Gasteiger partial charge in [0.2, 0.25) is 0 Å². The van der Waals surface area contributed by atoms with Crippen LogP contribution in [0.1, 0.15) is 44.9 Å². The van der Waals surface area contributed by atoms with Gasteiger partial charge in [-0.25, -0.2) is 0 Å². The molecular formula is C25H39NOSi2. The average molecular weight is 426 g/mol. The monoisotopic (exact) mass is 425 g/mol. The normalized spacial score (nSPS) is 20.6. The second kappa shape index (κ2) is 9.36. The smallest absolute Gasteiger partial charge is 0.156 e. The lowest BCUT2D eigenvalue weighted by Gasteiger charge is -2.35. The van der Waals surface area contributed by atoms with E-state index >= 15 is 0 Å². The summed E-state index contributed by atoms with van der Waals surface area (Å²) in [5, 5.41) is 4.19. The van der Waals surface area contributed by atoms with Crippen LogP contribution in [0.4, 0.5) is 0 Å². The Bertz CT molecular complexity index is 758. The van der Waals surface area contributed by atoms with E-state index in [1.54, 1.807) is 0 Å². The number of furan rings is 1. The number of hydrogen-bond donors (Lipinski definition) is 0. The van der Waals surface area contributed by atoms with Crippen LogP contribution in [0, 0.1) is 0 Å². The molecule has 1 aromatic heterocycles. The van der Waals surface area contributed by atoms with Gasteiger partial charge in [-0.15, -0.1) is 0 Å². The molecule has 0 amide bonds. The molecule has 2 aromatic rings. The standard InChI is InChI=1S/C25H39NOSi2/c1-28(2,23-13-6-3-7-14-23)24-15-16-25(27-24)29(20-10-5-11-21-29)22-12-19-26-17-8-4-9-18-26/h3,6-7,13-16H,4-5,8-12,17-22H2,1-2H3. The van der Waals surface area contributed by atoms with E-state index in [1.807, 2.05) is 0 Å². The maximum atomic E-state index is 6.80. The van der Waals surface area contributed by atoms with E-state index in [2.05, 4.69) is 60.5 Å². The van der Waals surface area contributed by atoms with Crippen LogP contribution in [0.2, 0.25) is 31.2 Å². The predicted molar refractivity (Wildman–Crippen MR) is 130 cm³/mol. The Hall–Kier alpha value is -1.11. The van der Waals surface area contributed by atoms with Gasteiger partial charge in [0.05, 0.1) is 10.8 Å². The molecule has 158 valence electrons. The fraction of sp³-hybridized carbons (Fsp3) is 0.600. The maximum Gasteiger partial charge on any atom is 0.156 e. The SMILES string of the molecule is C[Si](C)(c1ccccc1)c1ccc([Si]2(CCCN3CCCCC3)CCCCC2)o1. The van der Waals surface area contributed by atoms with E-state index in [0.29, 0.717) is 0 Å². The molecule has 2 aliphatic rings. The van der Waals surface area contributed by atoms with Crippen molar-refractivity contribution in [3.05, 3.63) is 42.5 Å². The number of benzene rings is 1. The summed E-state index contributed by atoms with van der Waals surface area (Å²) >= 11 is 0. The third kappa shape index (κ3) is 4.81. The average Bonchev–Trinajstić information content (AvgIpc) is 3.28. The minimum atomic E-state index is -1.74. The number of hydrogen-bond acceptors (Lipinski definition) is 2. The number of rotatable bonds is 7. The molecule has 0 atom stereocenters. The van der Waals surface area contributed by atoms with Crippen LogP contribution in [0.5, 0.6) is 0 Å². The van der Waals surface area contributed by atoms with Crippen molar-refractivity contribution in [1.29, 1.82) is 0 Å². The summed E-state index contributed by atoms with van der Waals surface area (Å²) in [5.74, 6) is 0. The Morgan fingerprint density at radius 1 is 0.862 bits per heavy atom. The van der Waals surface area contributed by atoms with E-state index in [-0.39, 0.29) is 0 Å². The summed E-state index contributed by atoms with van der Waals surface area (Å²) < 4.78 is 6.80. The van der Waals surface area contributed by atoms with Gasteiger partial charge >= 0.3 is 0 Å². The van der Waals surface area contributed by atoms with E-state index in [9.17, 15) is 0 Å². The first-order chi connectivity index (χ1) is 14.1. The lowest BCUT2D eigenvalue weighted by Crippen LogP contribution is -2.54. The van der Waals surface area contributed by atoms with Gasteiger partial charge in [-0.3, -0.25) is 0 Å². The van der Waals surface area contributed by atoms with Crippen LogP contribution in [-0.4, -0.2) is 40.7 Å². The minimum absolute atomic E-state index is 1.28. The molecule has 0 N–H and O–H groups in total. The summed E-state index contributed by atoms with van der Waals surface area (Å²) in [4.78, 5) is 2.72. The van der Waals surface area contributed by atoms with Gasteiger partial charge in [0.15, 0.2) is 8.07 Å². The second-order valence-electron chi connectivity index (χ2n) is 10.0. The Kier molecular flexibility index (Phi) is 6.82. The molecule has 4 rings (SSSR count). The van der Waals surface area contributed by atoms with E-state index < -0.39 is 16.1 Å². The molecule has 0 unspecified atom stereocenters. The van der Waals surface area contributed by atoms with Gasteiger partial charge in [0.25, 0.3) is 0 Å². The molecule has 2 aliphatic heterocycles. The fourth-order valence-electron chi connectivity index (χ4n) is 5.63. The van der Waals surface area contributed by atoms with Gasteiger partial charge < -0.3 is 9.32 Å². The largest absolute Gasteiger partial charge is 0.476 e. The predicted octanol–water partition coefficient (Wildman–Crippen LogP) is 4.82. The highest BCUT2D eigenvalue weighted by atomic mass is 28.3. The highest BCUT2D eigenvalue weighted by Crippen LogP contribution is 2.33. The number of likely N-dealkylation sites (tertiary alicyclic amines) is 1. The zero-order valence-electron chi connectivity index (χ0n) is 18.6. The van der Waals surface area contributed by atoms with Gasteiger partial charge in [0.1, 0.15) is 8.07 Å². The van der Waals surface area contributed by atoms with Crippen LogP contribution in [0.3, 0.4) is 0 Å². The summed E-state index contributed by atoms with van der Waals surface area (Å²) in [6.07, 6.45) is 9.90. The van der Waals surface area contributed by atoms with Crippen molar-refractivity contribution in [3.8, 4) is 0 Å². The third-order valence-corrected chi connectivity index (χ3v) is 16.2. The molecular weight excluding hydrogens is 386 g/mol. The third-order valence-electron chi connectivity index (χ3n) is 7.63.